The van der Waals surface area contributed by atoms with Crippen LogP contribution in [0.25, 0.3) is 5.52 Å². The van der Waals surface area contributed by atoms with Gasteiger partial charge in [-0.1, -0.05) is 40.0 Å². The molecule has 2 fully saturated rings. The molecule has 3 heterocycles. The summed E-state index contributed by atoms with van der Waals surface area (Å²) < 4.78 is 18.8. The summed E-state index contributed by atoms with van der Waals surface area (Å²) in [4.78, 5) is 44.3. The van der Waals surface area contributed by atoms with Crippen LogP contribution in [0.4, 0.5) is 10.6 Å². The highest BCUT2D eigenvalue weighted by molar-refractivity contribution is 5.92. The van der Waals surface area contributed by atoms with E-state index >= 15 is 0 Å². The molecule has 2 aromatic rings. The lowest BCUT2D eigenvalue weighted by Gasteiger charge is -2.29. The monoisotopic (exact) mass is 627 g/mol. The third-order valence-corrected chi connectivity index (χ3v) is 8.78. The van der Waals surface area contributed by atoms with Gasteiger partial charge in [0.15, 0.2) is 11.9 Å². The average molecular weight is 628 g/mol. The van der Waals surface area contributed by atoms with Gasteiger partial charge in [0.25, 0.3) is 0 Å². The molecule has 0 radical (unpaired) electrons. The maximum atomic E-state index is 13.1. The molecule has 0 bridgehead atoms. The smallest absolute Gasteiger partial charge is 0.323 e. The van der Waals surface area contributed by atoms with Crippen LogP contribution in [0.1, 0.15) is 78.8 Å². The van der Waals surface area contributed by atoms with Crippen molar-refractivity contribution in [2.75, 3.05) is 19.0 Å². The SMILES string of the molecule is CC(C)N(C)C(=O)Nc1ncnn2c([C@]3(C#N)O[C@H](COC(=O)CC4CCCCC4)[C@@H](OC(=O)[C@@H](N)C(C)(C)C)[C@H]3O)ccc12. The summed E-state index contributed by atoms with van der Waals surface area (Å²) in [6.45, 7) is 8.67. The van der Waals surface area contributed by atoms with Crippen molar-refractivity contribution in [3.63, 3.8) is 0 Å². The van der Waals surface area contributed by atoms with Crippen LogP contribution < -0.4 is 11.1 Å². The van der Waals surface area contributed by atoms with E-state index in [1.807, 2.05) is 19.9 Å². The van der Waals surface area contributed by atoms with Gasteiger partial charge in [-0.2, -0.15) is 10.4 Å². The van der Waals surface area contributed by atoms with Crippen LogP contribution in [-0.4, -0.2) is 86.6 Å². The van der Waals surface area contributed by atoms with Crippen molar-refractivity contribution in [1.29, 1.82) is 5.26 Å². The van der Waals surface area contributed by atoms with Gasteiger partial charge < -0.3 is 30.0 Å². The lowest BCUT2D eigenvalue weighted by molar-refractivity contribution is -0.163. The van der Waals surface area contributed by atoms with Crippen molar-refractivity contribution >= 4 is 29.3 Å². The Kier molecular flexibility index (Phi) is 10.4. The minimum Gasteiger partial charge on any atom is -0.463 e. The van der Waals surface area contributed by atoms with Crippen LogP contribution >= 0.6 is 0 Å². The Hall–Kier alpha value is -3.80. The van der Waals surface area contributed by atoms with Crippen molar-refractivity contribution in [1.82, 2.24) is 19.5 Å². The number of ether oxygens (including phenoxy) is 3. The number of nitrogens with two attached hydrogens (primary N) is 1. The molecule has 0 unspecified atom stereocenters. The summed E-state index contributed by atoms with van der Waals surface area (Å²) in [5, 5.41) is 29.2. The molecule has 1 aliphatic heterocycles. The molecular formula is C31H45N7O7. The largest absolute Gasteiger partial charge is 0.463 e. The molecule has 2 amide bonds. The van der Waals surface area contributed by atoms with E-state index in [2.05, 4.69) is 15.4 Å². The van der Waals surface area contributed by atoms with E-state index in [0.29, 0.717) is 5.52 Å². The van der Waals surface area contributed by atoms with Crippen molar-refractivity contribution in [3.05, 3.63) is 24.2 Å². The summed E-state index contributed by atoms with van der Waals surface area (Å²) in [6, 6.07) is 3.60. The summed E-state index contributed by atoms with van der Waals surface area (Å²) >= 11 is 0. The molecule has 14 heteroatoms. The van der Waals surface area contributed by atoms with Gasteiger partial charge in [-0.15, -0.1) is 0 Å². The Labute approximate surface area is 263 Å². The fourth-order valence-electron chi connectivity index (χ4n) is 5.60. The highest BCUT2D eigenvalue weighted by atomic mass is 16.6. The number of hydrogen-bond acceptors (Lipinski definition) is 11. The third-order valence-electron chi connectivity index (χ3n) is 8.78. The predicted octanol–water partition coefficient (Wildman–Crippen LogP) is 2.88. The molecule has 4 N–H and O–H groups in total. The van der Waals surface area contributed by atoms with E-state index in [0.717, 1.165) is 32.1 Å². The topological polar surface area (TPSA) is 194 Å². The summed E-state index contributed by atoms with van der Waals surface area (Å²) in [7, 11) is 1.64. The zero-order valence-corrected chi connectivity index (χ0v) is 26.9. The van der Waals surface area contributed by atoms with Gasteiger partial charge in [0.1, 0.15) is 42.8 Å². The van der Waals surface area contributed by atoms with Gasteiger partial charge in [-0.25, -0.2) is 14.3 Å². The molecule has 1 saturated carbocycles. The number of rotatable bonds is 9. The quantitative estimate of drug-likeness (QED) is 0.346. The van der Waals surface area contributed by atoms with Crippen LogP contribution in [-0.2, 0) is 29.4 Å². The van der Waals surface area contributed by atoms with Crippen molar-refractivity contribution in [3.8, 4) is 6.07 Å². The molecule has 45 heavy (non-hydrogen) atoms. The number of carbonyl (C=O) groups is 3. The number of fused-ring (bicyclic) bond motifs is 1. The standard InChI is InChI=1S/C31H45N7O7/c1-18(2)37(6)29(42)36-27-20-12-13-22(38(20)35-17-34-27)31(16-32)26(40)24(44-28(41)25(33)30(3,4)5)21(45-31)15-43-23(39)14-19-10-8-7-9-11-19/h12-13,17-19,21,24-26,40H,7-11,14-15,33H2,1-6H3,(H,34,35,36,42)/t21-,24-,25-,26-,31+/m1/s1. The molecule has 246 valence electrons. The second kappa shape index (κ2) is 13.7. The summed E-state index contributed by atoms with van der Waals surface area (Å²) in [6.07, 6.45) is 2.32. The molecule has 2 aromatic heterocycles. The first-order valence-corrected chi connectivity index (χ1v) is 15.5. The summed E-state index contributed by atoms with van der Waals surface area (Å²) in [5.74, 6) is -0.830. The first-order chi connectivity index (χ1) is 21.2. The Morgan fingerprint density at radius 3 is 2.58 bits per heavy atom. The number of anilines is 1. The number of esters is 2. The Morgan fingerprint density at radius 1 is 1.27 bits per heavy atom. The number of nitrogens with zero attached hydrogens (tertiary/aromatic N) is 5. The van der Waals surface area contributed by atoms with Crippen LogP contribution in [0, 0.1) is 22.7 Å². The molecule has 0 spiro atoms. The Morgan fingerprint density at radius 2 is 1.96 bits per heavy atom. The number of carbonyl (C=O) groups excluding carboxylic acids is 3. The summed E-state index contributed by atoms with van der Waals surface area (Å²) in [5.41, 5.74) is 3.81. The number of aliphatic hydroxyl groups excluding tert-OH is 1. The van der Waals surface area contributed by atoms with Crippen molar-refractivity contribution in [2.24, 2.45) is 17.1 Å². The number of amides is 2. The first kappa shape index (κ1) is 34.1. The zero-order chi connectivity index (χ0) is 33.1. The minimum absolute atomic E-state index is 0.0751. The van der Waals surface area contributed by atoms with E-state index in [4.69, 9.17) is 19.9 Å². The first-order valence-electron chi connectivity index (χ1n) is 15.5. The number of aliphatic hydroxyl groups is 1. The number of urea groups is 1. The van der Waals surface area contributed by atoms with Crippen molar-refractivity contribution in [2.45, 2.75) is 109 Å². The van der Waals surface area contributed by atoms with Crippen LogP contribution in [0.15, 0.2) is 18.5 Å². The average Bonchev–Trinajstić information content (AvgIpc) is 3.55. The van der Waals surface area contributed by atoms with Crippen LogP contribution in [0.5, 0.6) is 0 Å². The fraction of sp³-hybridized carbons (Fsp3) is 0.677. The molecule has 5 atom stereocenters. The molecule has 14 nitrogen and oxygen atoms in total. The van der Waals surface area contributed by atoms with Crippen LogP contribution in [0.2, 0.25) is 0 Å². The van der Waals surface area contributed by atoms with Crippen molar-refractivity contribution < 1.29 is 33.7 Å². The fourth-order valence-corrected chi connectivity index (χ4v) is 5.60. The predicted molar refractivity (Wildman–Crippen MR) is 163 cm³/mol. The lowest BCUT2D eigenvalue weighted by Crippen LogP contribution is -2.49. The minimum atomic E-state index is -2.10. The highest BCUT2D eigenvalue weighted by Crippen LogP contribution is 2.42. The van der Waals surface area contributed by atoms with Crippen LogP contribution in [0.3, 0.4) is 0 Å². The third kappa shape index (κ3) is 7.21. The molecule has 0 aromatic carbocycles. The Bertz CT molecular complexity index is 1430. The van der Waals surface area contributed by atoms with Gasteiger partial charge in [0, 0.05) is 19.5 Å². The normalized spacial score (nSPS) is 24.7. The number of nitriles is 1. The van der Waals surface area contributed by atoms with Gasteiger partial charge in [0.2, 0.25) is 5.60 Å². The molecule has 2 aliphatic rings. The van der Waals surface area contributed by atoms with E-state index in [1.54, 1.807) is 33.9 Å². The van der Waals surface area contributed by atoms with E-state index in [1.165, 1.54) is 21.8 Å². The second-order valence-corrected chi connectivity index (χ2v) is 13.3. The molecule has 4 rings (SSSR count). The number of hydrogen-bond donors (Lipinski definition) is 3. The van der Waals surface area contributed by atoms with Gasteiger partial charge in [-0.3, -0.25) is 14.9 Å². The van der Waals surface area contributed by atoms with E-state index in [9.17, 15) is 24.8 Å². The van der Waals surface area contributed by atoms with E-state index < -0.39 is 53.3 Å². The second-order valence-electron chi connectivity index (χ2n) is 13.3. The number of aromatic nitrogens is 3. The highest BCUT2D eigenvalue weighted by Gasteiger charge is 2.60. The van der Waals surface area contributed by atoms with Gasteiger partial charge in [0.05, 0.1) is 5.69 Å². The Balaban J connectivity index is 1.64. The maximum absolute atomic E-state index is 13.1. The number of nitrogens with one attached hydrogen (secondary N) is 1. The molecular weight excluding hydrogens is 582 g/mol. The maximum Gasteiger partial charge on any atom is 0.323 e. The zero-order valence-electron chi connectivity index (χ0n) is 26.9. The van der Waals surface area contributed by atoms with Gasteiger partial charge in [-0.05, 0) is 50.2 Å². The van der Waals surface area contributed by atoms with Gasteiger partial charge >= 0.3 is 18.0 Å². The molecule has 1 aliphatic carbocycles. The van der Waals surface area contributed by atoms with E-state index in [-0.39, 0.29) is 36.5 Å². The lowest BCUT2D eigenvalue weighted by atomic mass is 9.87. The molecule has 1 saturated heterocycles.